The second-order valence-electron chi connectivity index (χ2n) is 6.66. The smallest absolute Gasteiger partial charge is 0.234 e. The van der Waals surface area contributed by atoms with Crippen LogP contribution in [0.3, 0.4) is 0 Å². The molecule has 0 N–H and O–H groups in total. The molecule has 0 aromatic heterocycles. The van der Waals surface area contributed by atoms with Crippen molar-refractivity contribution >= 4 is 17.3 Å². The van der Waals surface area contributed by atoms with Crippen molar-refractivity contribution in [1.29, 1.82) is 0 Å². The van der Waals surface area contributed by atoms with Gasteiger partial charge in [0.15, 0.2) is 0 Å². The first-order valence-electron chi connectivity index (χ1n) is 9.29. The molecule has 3 rings (SSSR count). The lowest BCUT2D eigenvalue weighted by Gasteiger charge is -2.21. The van der Waals surface area contributed by atoms with Crippen molar-refractivity contribution in [3.63, 3.8) is 0 Å². The zero-order valence-corrected chi connectivity index (χ0v) is 15.9. The van der Waals surface area contributed by atoms with Crippen LogP contribution in [0, 0.1) is 0 Å². The van der Waals surface area contributed by atoms with Crippen molar-refractivity contribution in [3.8, 4) is 0 Å². The molecule has 0 radical (unpaired) electrons. The van der Waals surface area contributed by atoms with Crippen LogP contribution in [0.25, 0.3) is 5.57 Å². The molecular formula is C25H23NO2. The van der Waals surface area contributed by atoms with E-state index in [0.717, 1.165) is 22.3 Å². The third-order valence-electron chi connectivity index (χ3n) is 4.37. The van der Waals surface area contributed by atoms with Crippen LogP contribution in [-0.2, 0) is 16.1 Å². The van der Waals surface area contributed by atoms with Gasteiger partial charge in [-0.2, -0.15) is 0 Å². The molecule has 0 aliphatic heterocycles. The van der Waals surface area contributed by atoms with E-state index in [0.29, 0.717) is 6.54 Å². The lowest BCUT2D eigenvalue weighted by molar-refractivity contribution is -0.133. The van der Waals surface area contributed by atoms with E-state index in [2.05, 4.69) is 0 Å². The highest BCUT2D eigenvalue weighted by molar-refractivity contribution is 5.98. The molecule has 0 saturated heterocycles. The molecule has 3 aromatic carbocycles. The third-order valence-corrected chi connectivity index (χ3v) is 4.37. The molecule has 3 aromatic rings. The number of rotatable bonds is 7. The maximum absolute atomic E-state index is 12.8. The molecule has 0 atom stereocenters. The minimum absolute atomic E-state index is 0.111. The quantitative estimate of drug-likeness (QED) is 0.544. The van der Waals surface area contributed by atoms with Gasteiger partial charge in [-0.05, 0) is 23.6 Å². The van der Waals surface area contributed by atoms with Crippen LogP contribution in [0.4, 0.5) is 0 Å². The SMILES string of the molecule is CC(=O)CC(=O)N(C=C(c1ccccc1)c1ccccc1)Cc1ccccc1. The summed E-state index contributed by atoms with van der Waals surface area (Å²) in [5, 5.41) is 0. The molecular weight excluding hydrogens is 346 g/mol. The molecule has 0 heterocycles. The van der Waals surface area contributed by atoms with E-state index in [1.807, 2.05) is 97.2 Å². The molecule has 1 amide bonds. The number of ketones is 1. The maximum Gasteiger partial charge on any atom is 0.234 e. The van der Waals surface area contributed by atoms with E-state index in [4.69, 9.17) is 0 Å². The van der Waals surface area contributed by atoms with Crippen molar-refractivity contribution in [2.45, 2.75) is 19.9 Å². The van der Waals surface area contributed by atoms with Crippen LogP contribution >= 0.6 is 0 Å². The monoisotopic (exact) mass is 369 g/mol. The number of Topliss-reactive ketones (excluding diaryl/α,β-unsaturated/α-hetero) is 1. The highest BCUT2D eigenvalue weighted by Gasteiger charge is 2.16. The first-order valence-corrected chi connectivity index (χ1v) is 9.29. The standard InChI is InChI=1S/C25H23NO2/c1-20(27)17-25(28)26(18-21-11-5-2-6-12-21)19-24(22-13-7-3-8-14-22)23-15-9-4-10-16-23/h2-16,19H,17-18H2,1H3. The molecule has 0 unspecified atom stereocenters. The van der Waals surface area contributed by atoms with Gasteiger partial charge >= 0.3 is 0 Å². The second-order valence-corrected chi connectivity index (χ2v) is 6.66. The van der Waals surface area contributed by atoms with E-state index in [1.165, 1.54) is 6.92 Å². The van der Waals surface area contributed by atoms with Gasteiger partial charge in [-0.15, -0.1) is 0 Å². The van der Waals surface area contributed by atoms with Crippen molar-refractivity contribution in [3.05, 3.63) is 114 Å². The Labute approximate surface area is 165 Å². The number of amides is 1. The molecule has 0 aliphatic rings. The highest BCUT2D eigenvalue weighted by Crippen LogP contribution is 2.24. The molecule has 0 saturated carbocycles. The number of carbonyl (C=O) groups excluding carboxylic acids is 2. The lowest BCUT2D eigenvalue weighted by Crippen LogP contribution is -2.27. The number of benzene rings is 3. The van der Waals surface area contributed by atoms with Crippen molar-refractivity contribution in [2.75, 3.05) is 0 Å². The van der Waals surface area contributed by atoms with E-state index < -0.39 is 0 Å². The van der Waals surface area contributed by atoms with Gasteiger partial charge < -0.3 is 4.90 Å². The van der Waals surface area contributed by atoms with Crippen LogP contribution in [-0.4, -0.2) is 16.6 Å². The maximum atomic E-state index is 12.8. The van der Waals surface area contributed by atoms with Crippen LogP contribution in [0.5, 0.6) is 0 Å². The van der Waals surface area contributed by atoms with E-state index in [1.54, 1.807) is 4.90 Å². The van der Waals surface area contributed by atoms with Gasteiger partial charge in [0.05, 0.1) is 13.0 Å². The molecule has 140 valence electrons. The summed E-state index contributed by atoms with van der Waals surface area (Å²) in [6.45, 7) is 1.85. The van der Waals surface area contributed by atoms with Gasteiger partial charge in [-0.1, -0.05) is 91.0 Å². The summed E-state index contributed by atoms with van der Waals surface area (Å²) >= 11 is 0. The average Bonchev–Trinajstić information content (AvgIpc) is 2.72. The second kappa shape index (κ2) is 9.47. The van der Waals surface area contributed by atoms with Crippen LogP contribution in [0.1, 0.15) is 30.0 Å². The summed E-state index contributed by atoms with van der Waals surface area (Å²) in [5.74, 6) is -0.349. The van der Waals surface area contributed by atoms with E-state index in [9.17, 15) is 9.59 Å². The lowest BCUT2D eigenvalue weighted by atomic mass is 9.98. The number of hydrogen-bond acceptors (Lipinski definition) is 2. The number of carbonyl (C=O) groups is 2. The first kappa shape index (κ1) is 19.3. The zero-order chi connectivity index (χ0) is 19.8. The van der Waals surface area contributed by atoms with Crippen LogP contribution in [0.2, 0.25) is 0 Å². The highest BCUT2D eigenvalue weighted by atomic mass is 16.2. The van der Waals surface area contributed by atoms with Gasteiger partial charge in [-0.25, -0.2) is 0 Å². The summed E-state index contributed by atoms with van der Waals surface area (Å²) in [6.07, 6.45) is 1.75. The third kappa shape index (κ3) is 5.27. The van der Waals surface area contributed by atoms with Gasteiger partial charge in [0, 0.05) is 11.8 Å². The van der Waals surface area contributed by atoms with Gasteiger partial charge in [0.2, 0.25) is 5.91 Å². The Morgan fingerprint density at radius 3 is 1.68 bits per heavy atom. The number of nitrogens with zero attached hydrogens (tertiary/aromatic N) is 1. The minimum atomic E-state index is -0.208. The Hall–Kier alpha value is -3.46. The molecule has 0 bridgehead atoms. The predicted octanol–water partition coefficient (Wildman–Crippen LogP) is 5.08. The summed E-state index contributed by atoms with van der Waals surface area (Å²) in [7, 11) is 0. The van der Waals surface area contributed by atoms with Crippen molar-refractivity contribution in [1.82, 2.24) is 4.90 Å². The Balaban J connectivity index is 2.05. The zero-order valence-electron chi connectivity index (χ0n) is 15.9. The van der Waals surface area contributed by atoms with Crippen molar-refractivity contribution < 1.29 is 9.59 Å². The fourth-order valence-corrected chi connectivity index (χ4v) is 3.01. The largest absolute Gasteiger partial charge is 0.314 e. The summed E-state index contributed by atoms with van der Waals surface area (Å²) in [5.41, 5.74) is 3.98. The van der Waals surface area contributed by atoms with Gasteiger partial charge in [0.1, 0.15) is 5.78 Å². The van der Waals surface area contributed by atoms with Crippen LogP contribution in [0.15, 0.2) is 97.2 Å². The average molecular weight is 369 g/mol. The van der Waals surface area contributed by atoms with Gasteiger partial charge in [0.25, 0.3) is 0 Å². The first-order chi connectivity index (χ1) is 13.6. The molecule has 0 aliphatic carbocycles. The predicted molar refractivity (Wildman–Crippen MR) is 112 cm³/mol. The Morgan fingerprint density at radius 2 is 1.21 bits per heavy atom. The van der Waals surface area contributed by atoms with E-state index in [-0.39, 0.29) is 18.1 Å². The molecule has 0 spiro atoms. The molecule has 3 nitrogen and oxygen atoms in total. The normalized spacial score (nSPS) is 10.2. The minimum Gasteiger partial charge on any atom is -0.314 e. The Morgan fingerprint density at radius 1 is 0.750 bits per heavy atom. The molecule has 3 heteroatoms. The fraction of sp³-hybridized carbons (Fsp3) is 0.120. The number of hydrogen-bond donors (Lipinski definition) is 0. The Kier molecular flexibility index (Phi) is 6.53. The summed E-state index contributed by atoms with van der Waals surface area (Å²) < 4.78 is 0. The van der Waals surface area contributed by atoms with Gasteiger partial charge in [-0.3, -0.25) is 9.59 Å². The van der Waals surface area contributed by atoms with Crippen LogP contribution < -0.4 is 0 Å². The van der Waals surface area contributed by atoms with E-state index >= 15 is 0 Å². The summed E-state index contributed by atoms with van der Waals surface area (Å²) in [4.78, 5) is 26.0. The molecule has 0 fully saturated rings. The van der Waals surface area contributed by atoms with Crippen molar-refractivity contribution in [2.24, 2.45) is 0 Å². The topological polar surface area (TPSA) is 37.4 Å². The molecule has 28 heavy (non-hydrogen) atoms. The summed E-state index contributed by atoms with van der Waals surface area (Å²) in [6, 6.07) is 29.7. The Bertz CT molecular complexity index is 906. The fourth-order valence-electron chi connectivity index (χ4n) is 3.01.